The van der Waals surface area contributed by atoms with Crippen LogP contribution in [0.4, 0.5) is 4.39 Å². The van der Waals surface area contributed by atoms with E-state index in [-0.39, 0.29) is 17.9 Å². The molecule has 6 nitrogen and oxygen atoms in total. The second-order valence-corrected chi connectivity index (χ2v) is 5.81. The van der Waals surface area contributed by atoms with Crippen LogP contribution in [0.25, 0.3) is 5.69 Å². The van der Waals surface area contributed by atoms with E-state index in [0.717, 1.165) is 11.3 Å². The zero-order chi connectivity index (χ0) is 17.8. The van der Waals surface area contributed by atoms with Gasteiger partial charge in [-0.3, -0.25) is 0 Å². The molecule has 0 bridgehead atoms. The number of nitrogens with zero attached hydrogens (tertiary/aromatic N) is 4. The van der Waals surface area contributed by atoms with Crippen LogP contribution in [0.1, 0.15) is 37.1 Å². The van der Waals surface area contributed by atoms with Crippen LogP contribution in [0, 0.1) is 5.82 Å². The normalized spacial score (nSPS) is 13.4. The first kappa shape index (κ1) is 17.0. The van der Waals surface area contributed by atoms with Crippen LogP contribution in [0.3, 0.4) is 0 Å². The number of benzene rings is 2. The molecule has 0 saturated carbocycles. The van der Waals surface area contributed by atoms with Crippen molar-refractivity contribution in [2.24, 2.45) is 0 Å². The van der Waals surface area contributed by atoms with E-state index in [9.17, 15) is 4.39 Å². The summed E-state index contributed by atoms with van der Waals surface area (Å²) in [5.74, 6) is 0.266. The molecule has 0 saturated heterocycles. The van der Waals surface area contributed by atoms with Gasteiger partial charge in [0.15, 0.2) is 0 Å². The number of nitrogens with one attached hydrogen (secondary N) is 1. The fourth-order valence-corrected chi connectivity index (χ4v) is 2.87. The van der Waals surface area contributed by atoms with Crippen molar-refractivity contribution < 1.29 is 9.13 Å². The highest BCUT2D eigenvalue weighted by Gasteiger charge is 2.18. The Morgan fingerprint density at radius 1 is 1.08 bits per heavy atom. The molecular formula is C18H20FN5O. The maximum atomic E-state index is 14.2. The van der Waals surface area contributed by atoms with Gasteiger partial charge in [0, 0.05) is 17.6 Å². The lowest BCUT2D eigenvalue weighted by Gasteiger charge is -2.23. The van der Waals surface area contributed by atoms with Crippen LogP contribution in [0.2, 0.25) is 0 Å². The minimum absolute atomic E-state index is 0.0298. The van der Waals surface area contributed by atoms with E-state index >= 15 is 0 Å². The van der Waals surface area contributed by atoms with Gasteiger partial charge in [0.2, 0.25) is 0 Å². The summed E-state index contributed by atoms with van der Waals surface area (Å²) in [5, 5.41) is 14.5. The van der Waals surface area contributed by atoms with Crippen LogP contribution in [0.5, 0.6) is 5.75 Å². The SMILES string of the molecule is COc1cccc(F)c1[C@@H](C)N[C@@H](C)c1ccc(-n2cnnn2)cc1. The lowest BCUT2D eigenvalue weighted by Crippen LogP contribution is -2.23. The number of methoxy groups -OCH3 is 1. The summed E-state index contributed by atoms with van der Waals surface area (Å²) in [7, 11) is 1.55. The second-order valence-electron chi connectivity index (χ2n) is 5.81. The van der Waals surface area contributed by atoms with Gasteiger partial charge in [-0.25, -0.2) is 9.07 Å². The Labute approximate surface area is 145 Å². The van der Waals surface area contributed by atoms with Gasteiger partial charge in [0.05, 0.1) is 12.8 Å². The summed E-state index contributed by atoms with van der Waals surface area (Å²) in [6, 6.07) is 12.6. The van der Waals surface area contributed by atoms with Gasteiger partial charge in [0.25, 0.3) is 0 Å². The van der Waals surface area contributed by atoms with Crippen molar-refractivity contribution in [2.75, 3.05) is 7.11 Å². The van der Waals surface area contributed by atoms with E-state index in [1.54, 1.807) is 30.3 Å². The van der Waals surface area contributed by atoms with Gasteiger partial charge >= 0.3 is 0 Å². The Morgan fingerprint density at radius 3 is 2.48 bits per heavy atom. The molecule has 0 unspecified atom stereocenters. The van der Waals surface area contributed by atoms with Crippen LogP contribution in [0.15, 0.2) is 48.8 Å². The van der Waals surface area contributed by atoms with Crippen LogP contribution in [-0.4, -0.2) is 27.3 Å². The van der Waals surface area contributed by atoms with Crippen LogP contribution < -0.4 is 10.1 Å². The molecule has 0 fully saturated rings. The summed E-state index contributed by atoms with van der Waals surface area (Å²) in [6.07, 6.45) is 1.54. The van der Waals surface area contributed by atoms with Crippen LogP contribution in [-0.2, 0) is 0 Å². The molecule has 0 aliphatic rings. The fourth-order valence-electron chi connectivity index (χ4n) is 2.87. The van der Waals surface area contributed by atoms with E-state index in [1.807, 2.05) is 38.1 Å². The zero-order valence-corrected chi connectivity index (χ0v) is 14.3. The molecule has 0 aliphatic carbocycles. The van der Waals surface area contributed by atoms with E-state index in [0.29, 0.717) is 11.3 Å². The van der Waals surface area contributed by atoms with Gasteiger partial charge < -0.3 is 10.1 Å². The molecule has 2 atom stereocenters. The highest BCUT2D eigenvalue weighted by molar-refractivity contribution is 5.38. The first-order valence-corrected chi connectivity index (χ1v) is 8.02. The number of hydrogen-bond acceptors (Lipinski definition) is 5. The number of tetrazole rings is 1. The average molecular weight is 341 g/mol. The highest BCUT2D eigenvalue weighted by atomic mass is 19.1. The lowest BCUT2D eigenvalue weighted by atomic mass is 10.0. The third kappa shape index (κ3) is 3.66. The Morgan fingerprint density at radius 2 is 1.84 bits per heavy atom. The minimum atomic E-state index is -0.277. The molecule has 2 aromatic carbocycles. The minimum Gasteiger partial charge on any atom is -0.496 e. The first-order valence-electron chi connectivity index (χ1n) is 8.02. The highest BCUT2D eigenvalue weighted by Crippen LogP contribution is 2.29. The molecule has 25 heavy (non-hydrogen) atoms. The van der Waals surface area contributed by atoms with Crippen molar-refractivity contribution in [3.8, 4) is 11.4 Å². The molecule has 7 heteroatoms. The molecule has 0 spiro atoms. The van der Waals surface area contributed by atoms with Crippen molar-refractivity contribution in [3.63, 3.8) is 0 Å². The Bertz CT molecular complexity index is 820. The Hall–Kier alpha value is -2.80. The van der Waals surface area contributed by atoms with Gasteiger partial charge in [-0.15, -0.1) is 5.10 Å². The van der Waals surface area contributed by atoms with E-state index in [4.69, 9.17) is 4.74 Å². The predicted molar refractivity (Wildman–Crippen MR) is 92.1 cm³/mol. The van der Waals surface area contributed by atoms with Crippen molar-refractivity contribution in [2.45, 2.75) is 25.9 Å². The van der Waals surface area contributed by atoms with E-state index in [2.05, 4.69) is 20.8 Å². The summed E-state index contributed by atoms with van der Waals surface area (Å²) >= 11 is 0. The molecule has 3 rings (SSSR count). The molecule has 0 radical (unpaired) electrons. The number of aromatic nitrogens is 4. The second kappa shape index (κ2) is 7.40. The molecule has 130 valence electrons. The number of halogens is 1. The molecule has 1 aromatic heterocycles. The fraction of sp³-hybridized carbons (Fsp3) is 0.278. The quantitative estimate of drug-likeness (QED) is 0.746. The smallest absolute Gasteiger partial charge is 0.143 e. The van der Waals surface area contributed by atoms with Crippen molar-refractivity contribution in [1.29, 1.82) is 0 Å². The van der Waals surface area contributed by atoms with Gasteiger partial charge in [-0.1, -0.05) is 18.2 Å². The lowest BCUT2D eigenvalue weighted by molar-refractivity contribution is 0.387. The molecule has 1 N–H and O–H groups in total. The number of ether oxygens (including phenoxy) is 1. The van der Waals surface area contributed by atoms with Gasteiger partial charge in [-0.05, 0) is 54.1 Å². The van der Waals surface area contributed by atoms with Crippen molar-refractivity contribution in [1.82, 2.24) is 25.5 Å². The topological polar surface area (TPSA) is 64.9 Å². The summed E-state index contributed by atoms with van der Waals surface area (Å²) in [6.45, 7) is 3.96. The largest absolute Gasteiger partial charge is 0.496 e. The number of rotatable bonds is 6. The Balaban J connectivity index is 1.75. The van der Waals surface area contributed by atoms with E-state index < -0.39 is 0 Å². The van der Waals surface area contributed by atoms with Crippen LogP contribution >= 0.6 is 0 Å². The molecular weight excluding hydrogens is 321 g/mol. The first-order chi connectivity index (χ1) is 12.1. The summed E-state index contributed by atoms with van der Waals surface area (Å²) < 4.78 is 21.1. The third-order valence-electron chi connectivity index (χ3n) is 4.17. The Kier molecular flexibility index (Phi) is 5.04. The third-order valence-corrected chi connectivity index (χ3v) is 4.17. The summed E-state index contributed by atoms with van der Waals surface area (Å²) in [4.78, 5) is 0. The number of hydrogen-bond donors (Lipinski definition) is 1. The standard InChI is InChI=1S/C18H20FN5O/c1-12(14-7-9-15(10-8-14)24-11-20-22-23-24)21-13(2)18-16(19)5-4-6-17(18)25-3/h4-13,21H,1-3H3/t12-,13+/m0/s1. The maximum Gasteiger partial charge on any atom is 0.143 e. The van der Waals surface area contributed by atoms with Crippen molar-refractivity contribution >= 4 is 0 Å². The maximum absolute atomic E-state index is 14.2. The van der Waals surface area contributed by atoms with Gasteiger partial charge in [-0.2, -0.15) is 0 Å². The summed E-state index contributed by atoms with van der Waals surface area (Å²) in [5.41, 5.74) is 2.49. The molecule has 0 aliphatic heterocycles. The molecule has 1 heterocycles. The monoisotopic (exact) mass is 341 g/mol. The molecule has 3 aromatic rings. The predicted octanol–water partition coefficient (Wildman–Crippen LogP) is 3.22. The van der Waals surface area contributed by atoms with Crippen molar-refractivity contribution in [3.05, 3.63) is 65.7 Å². The van der Waals surface area contributed by atoms with Gasteiger partial charge in [0.1, 0.15) is 17.9 Å². The van der Waals surface area contributed by atoms with E-state index in [1.165, 1.54) is 6.07 Å². The average Bonchev–Trinajstić information content (AvgIpc) is 3.16. The molecule has 0 amide bonds. The zero-order valence-electron chi connectivity index (χ0n) is 14.3.